The van der Waals surface area contributed by atoms with Crippen molar-refractivity contribution in [1.82, 2.24) is 19.5 Å². The third-order valence-corrected chi connectivity index (χ3v) is 9.90. The van der Waals surface area contributed by atoms with E-state index in [4.69, 9.17) is 42.2 Å². The Hall–Kier alpha value is -2.59. The van der Waals surface area contributed by atoms with Crippen molar-refractivity contribution in [3.8, 4) is 0 Å². The molecule has 0 amide bonds. The number of aliphatic hydroxyl groups excluding tert-OH is 4. The van der Waals surface area contributed by atoms with Gasteiger partial charge in [-0.05, 0) is 6.07 Å². The summed E-state index contributed by atoms with van der Waals surface area (Å²) in [6, 6.07) is 3.20. The van der Waals surface area contributed by atoms with Crippen LogP contribution in [0.5, 0.6) is 0 Å². The van der Waals surface area contributed by atoms with E-state index in [0.717, 1.165) is 13.4 Å². The smallest absolute Gasteiger partial charge is 0.389 e. The summed E-state index contributed by atoms with van der Waals surface area (Å²) in [6.07, 6.45) is -7.16. The van der Waals surface area contributed by atoms with Crippen LogP contribution in [0.3, 0.4) is 0 Å². The van der Waals surface area contributed by atoms with Gasteiger partial charge in [-0.1, -0.05) is 12.2 Å². The average molecular weight is 681 g/mol. The topological polar surface area (TPSA) is 290 Å². The molecule has 3 aromatic heterocycles. The molecule has 20 nitrogen and oxygen atoms in total. The highest BCUT2D eigenvalue weighted by molar-refractivity contribution is 7.80. The summed E-state index contributed by atoms with van der Waals surface area (Å²) in [5, 5.41) is 42.0. The highest BCUT2D eigenvalue weighted by Crippen LogP contribution is 2.64. The van der Waals surface area contributed by atoms with Crippen molar-refractivity contribution in [1.29, 1.82) is 0 Å². The lowest BCUT2D eigenvalue weighted by atomic mass is 10.1. The van der Waals surface area contributed by atoms with Crippen LogP contribution in [-0.2, 0) is 36.5 Å². The van der Waals surface area contributed by atoms with Crippen LogP contribution < -0.4 is 16.0 Å². The Morgan fingerprint density at radius 2 is 1.89 bits per heavy atom. The van der Waals surface area contributed by atoms with Gasteiger partial charge in [0.2, 0.25) is 0 Å². The van der Waals surface area contributed by atoms with Gasteiger partial charge in [-0.15, -0.1) is 0 Å². The average Bonchev–Trinajstić information content (AvgIpc) is 3.62. The number of rotatable bonds is 11. The molecule has 3 aromatic rings. The van der Waals surface area contributed by atoms with E-state index in [-0.39, 0.29) is 22.0 Å². The van der Waals surface area contributed by atoms with Crippen LogP contribution in [0.4, 0.5) is 5.82 Å². The van der Waals surface area contributed by atoms with Gasteiger partial charge < -0.3 is 46.3 Å². The summed E-state index contributed by atoms with van der Waals surface area (Å²) in [6.45, 7) is -0.830. The molecular weight excluding hydrogens is 652 g/mol. The Kier molecular flexibility index (Phi) is 9.44. The number of hydrogen-bond donors (Lipinski definition) is 7. The summed E-state index contributed by atoms with van der Waals surface area (Å²) in [5.41, 5.74) is 12.1. The molecule has 23 heteroatoms. The Balaban J connectivity index is 1.23. The normalized spacial score (nSPS) is 31.6. The molecule has 0 spiro atoms. The van der Waals surface area contributed by atoms with E-state index in [1.165, 1.54) is 27.9 Å². The van der Waals surface area contributed by atoms with Crippen molar-refractivity contribution < 1.29 is 66.4 Å². The molecule has 2 aliphatic rings. The summed E-state index contributed by atoms with van der Waals surface area (Å²) < 4.78 is 58.8. The van der Waals surface area contributed by atoms with E-state index in [1.807, 2.05) is 0 Å². The van der Waals surface area contributed by atoms with Gasteiger partial charge in [0.1, 0.15) is 41.2 Å². The maximum atomic E-state index is 13.1. The fourth-order valence-corrected chi connectivity index (χ4v) is 7.04. The molecule has 9 N–H and O–H groups in total. The molecule has 5 rings (SSSR count). The number of nitrogen functional groups attached to an aromatic ring is 1. The highest BCUT2D eigenvalue weighted by atomic mass is 32.1. The number of fused-ring (bicyclic) bond motifs is 1. The minimum Gasteiger partial charge on any atom is -0.389 e. The molecule has 2 aliphatic heterocycles. The molecule has 0 radical (unpaired) electrons. The Bertz CT molecular complexity index is 1630. The summed E-state index contributed by atoms with van der Waals surface area (Å²) in [7, 11) is -9.54. The van der Waals surface area contributed by atoms with Crippen LogP contribution in [0.1, 0.15) is 18.0 Å². The summed E-state index contributed by atoms with van der Waals surface area (Å²) >= 11 is 4.94. The number of thiocarbonyl (C=S) groups is 1. The molecule has 0 bridgehead atoms. The van der Waals surface area contributed by atoms with Crippen LogP contribution in [0.2, 0.25) is 0 Å². The number of nitrogens with zero attached hydrogens (tertiary/aromatic N) is 5. The van der Waals surface area contributed by atoms with E-state index < -0.39 is 71.5 Å². The molecule has 44 heavy (non-hydrogen) atoms. The van der Waals surface area contributed by atoms with Gasteiger partial charge in [-0.2, -0.15) is 8.88 Å². The molecule has 0 aromatic carbocycles. The first kappa shape index (κ1) is 32.8. The van der Waals surface area contributed by atoms with Crippen molar-refractivity contribution in [2.24, 2.45) is 5.73 Å². The second-order valence-corrected chi connectivity index (χ2v) is 13.2. The monoisotopic (exact) mass is 680 g/mol. The third kappa shape index (κ3) is 6.52. The molecule has 10 atom stereocenters. The first-order chi connectivity index (χ1) is 20.7. The Labute approximate surface area is 252 Å². The van der Waals surface area contributed by atoms with Crippen LogP contribution in [0, 0.1) is 0 Å². The zero-order chi connectivity index (χ0) is 32.0. The highest BCUT2D eigenvalue weighted by Gasteiger charge is 2.52. The minimum atomic E-state index is -5.31. The fraction of sp³-hybridized carbons (Fsp3) is 0.476. The number of phosphoric acid groups is 2. The summed E-state index contributed by atoms with van der Waals surface area (Å²) in [4.78, 5) is 22.2. The quantitative estimate of drug-likeness (QED) is 0.0663. The van der Waals surface area contributed by atoms with Gasteiger partial charge in [-0.25, -0.2) is 24.1 Å². The second-order valence-electron chi connectivity index (χ2n) is 9.49. The van der Waals surface area contributed by atoms with Crippen molar-refractivity contribution in [3.63, 3.8) is 0 Å². The molecular formula is C21H28N7O13P2S+. The first-order valence-corrected chi connectivity index (χ1v) is 15.9. The van der Waals surface area contributed by atoms with E-state index in [1.54, 1.807) is 12.1 Å². The Morgan fingerprint density at radius 1 is 1.14 bits per heavy atom. The maximum absolute atomic E-state index is 13.1. The molecule has 2 fully saturated rings. The van der Waals surface area contributed by atoms with Gasteiger partial charge in [0.25, 0.3) is 6.23 Å². The lowest BCUT2D eigenvalue weighted by Crippen LogP contribution is -2.46. The van der Waals surface area contributed by atoms with Crippen LogP contribution >= 0.6 is 27.9 Å². The molecule has 2 saturated heterocycles. The van der Waals surface area contributed by atoms with E-state index >= 15 is 0 Å². The van der Waals surface area contributed by atoms with Gasteiger partial charge >= 0.3 is 15.6 Å². The number of aliphatic hydroxyl groups is 4. The van der Waals surface area contributed by atoms with Crippen molar-refractivity contribution in [2.45, 2.75) is 49.3 Å². The van der Waals surface area contributed by atoms with Crippen molar-refractivity contribution >= 4 is 49.8 Å². The van der Waals surface area contributed by atoms with Crippen molar-refractivity contribution in [3.05, 3.63) is 42.7 Å². The van der Waals surface area contributed by atoms with Crippen LogP contribution in [0.25, 0.3) is 11.2 Å². The van der Waals surface area contributed by atoms with E-state index in [9.17, 15) is 34.4 Å². The number of aromatic nitrogens is 5. The van der Waals surface area contributed by atoms with Gasteiger partial charge in [0, 0.05) is 13.2 Å². The molecule has 0 aliphatic carbocycles. The number of nitrogens with two attached hydrogens (primary N) is 2. The van der Waals surface area contributed by atoms with E-state index in [2.05, 4.69) is 23.8 Å². The zero-order valence-electron chi connectivity index (χ0n) is 22.5. The lowest BCUT2D eigenvalue weighted by molar-refractivity contribution is -0.765. The SMILES string of the molecule is COP(=O)(O[C@H]1O[C@@H](n2cnc3c(N)ncnc32)[C@H](O)[C@@H]1O)OP(=O)(O)OC[C@H]1O[C@@H]([n+]2cccc(C(N)=S)c2)[C@H](O)[C@H]1O. The Morgan fingerprint density at radius 3 is 2.59 bits per heavy atom. The standard InChI is InChI=1S/C21H27N7O13P2S/c1-36-43(35,40-21-15(32)14(31)20(39-21)28-8-26-11-16(22)24-7-25-18(11)28)41-42(33,34)37-6-10-12(29)13(30)19(38-10)27-4-2-3-9(5-27)17(23)44/h2-5,7-8,10,12-15,19-21,29-32H,6H2,1H3,(H4-,22,23,24,25,33,34,44)/p+1/t10-,12+,13-,14-,15+,19-,20-,21-,43?/m1/s1. The summed E-state index contributed by atoms with van der Waals surface area (Å²) in [5.74, 6) is 0.0373. The molecule has 240 valence electrons. The number of phosphoric ester groups is 2. The zero-order valence-corrected chi connectivity index (χ0v) is 25.1. The number of ether oxygens (including phenoxy) is 2. The second kappa shape index (κ2) is 12.7. The first-order valence-electron chi connectivity index (χ1n) is 12.5. The van der Waals surface area contributed by atoms with Gasteiger partial charge in [-0.3, -0.25) is 18.1 Å². The van der Waals surface area contributed by atoms with Gasteiger partial charge in [0.05, 0.1) is 18.5 Å². The number of pyridine rings is 1. The number of anilines is 1. The maximum Gasteiger partial charge on any atom is 0.485 e. The number of imidazole rings is 1. The van der Waals surface area contributed by atoms with Crippen LogP contribution in [0.15, 0.2) is 37.2 Å². The van der Waals surface area contributed by atoms with Crippen LogP contribution in [-0.4, -0.2) is 100 Å². The van der Waals surface area contributed by atoms with Gasteiger partial charge in [0.15, 0.2) is 42.5 Å². The predicted molar refractivity (Wildman–Crippen MR) is 147 cm³/mol. The fourth-order valence-electron chi connectivity index (χ4n) is 4.45. The minimum absolute atomic E-state index is 0.0373. The molecule has 2 unspecified atom stereocenters. The predicted octanol–water partition coefficient (Wildman–Crippen LogP) is -1.87. The molecule has 0 saturated carbocycles. The largest absolute Gasteiger partial charge is 0.485 e. The lowest BCUT2D eigenvalue weighted by Gasteiger charge is -2.23. The third-order valence-electron chi connectivity index (χ3n) is 6.66. The molecule has 5 heterocycles. The number of hydrogen-bond acceptors (Lipinski definition) is 17. The van der Waals surface area contributed by atoms with E-state index in [0.29, 0.717) is 5.56 Å². The van der Waals surface area contributed by atoms with Crippen molar-refractivity contribution in [2.75, 3.05) is 19.5 Å².